The van der Waals surface area contributed by atoms with Crippen molar-refractivity contribution in [3.05, 3.63) is 34.6 Å². The maximum absolute atomic E-state index is 14.9. The van der Waals surface area contributed by atoms with Crippen molar-refractivity contribution in [3.63, 3.8) is 0 Å². The summed E-state index contributed by atoms with van der Waals surface area (Å²) in [6.45, 7) is 0.954. The largest absolute Gasteiger partial charge is 0.340 e. The van der Waals surface area contributed by atoms with Crippen LogP contribution in [0, 0.1) is 5.82 Å². The van der Waals surface area contributed by atoms with Crippen molar-refractivity contribution in [1.82, 2.24) is 15.1 Å². The lowest BCUT2D eigenvalue weighted by atomic mass is 9.87. The van der Waals surface area contributed by atoms with Crippen LogP contribution in [-0.4, -0.2) is 58.2 Å². The molecule has 0 bridgehead atoms. The van der Waals surface area contributed by atoms with Crippen LogP contribution in [0.4, 0.5) is 8.78 Å². The molecule has 1 aromatic rings. The van der Waals surface area contributed by atoms with Crippen molar-refractivity contribution >= 4 is 23.6 Å². The van der Waals surface area contributed by atoms with Crippen molar-refractivity contribution in [2.75, 3.05) is 13.1 Å². The van der Waals surface area contributed by atoms with Crippen LogP contribution in [0.1, 0.15) is 65.9 Å². The second kappa shape index (κ2) is 7.10. The van der Waals surface area contributed by atoms with Crippen molar-refractivity contribution in [2.24, 2.45) is 0 Å². The molecule has 1 N–H and O–H groups in total. The molecule has 9 heteroatoms. The molecule has 164 valence electrons. The van der Waals surface area contributed by atoms with Gasteiger partial charge < -0.3 is 9.80 Å². The highest BCUT2D eigenvalue weighted by atomic mass is 19.1. The molecular weight excluding hydrogens is 408 g/mol. The predicted octanol–water partition coefficient (Wildman–Crippen LogP) is 1.79. The number of carbonyl (C=O) groups excluding carboxylic acids is 4. The molecule has 0 spiro atoms. The van der Waals surface area contributed by atoms with Gasteiger partial charge in [-0.15, -0.1) is 0 Å². The molecule has 1 aliphatic carbocycles. The monoisotopic (exact) mass is 431 g/mol. The molecule has 5 rings (SSSR count). The molecule has 4 aliphatic rings. The summed E-state index contributed by atoms with van der Waals surface area (Å²) < 4.78 is 29.0. The number of benzene rings is 1. The van der Waals surface area contributed by atoms with E-state index in [1.807, 2.05) is 0 Å². The molecule has 1 saturated carbocycles. The zero-order valence-corrected chi connectivity index (χ0v) is 17.0. The molecule has 1 aromatic carbocycles. The zero-order valence-electron chi connectivity index (χ0n) is 17.0. The van der Waals surface area contributed by atoms with Crippen LogP contribution < -0.4 is 5.32 Å². The second-order valence-electron chi connectivity index (χ2n) is 8.96. The van der Waals surface area contributed by atoms with Gasteiger partial charge in [-0.25, -0.2) is 8.78 Å². The maximum Gasteiger partial charge on any atom is 0.260 e. The van der Waals surface area contributed by atoms with Crippen molar-refractivity contribution in [3.8, 4) is 0 Å². The highest BCUT2D eigenvalue weighted by Gasteiger charge is 2.53. The molecule has 31 heavy (non-hydrogen) atoms. The number of nitrogens with zero attached hydrogens (tertiary/aromatic N) is 2. The molecule has 3 fully saturated rings. The molecular formula is C22H23F2N3O4. The Hall–Kier alpha value is -2.84. The maximum atomic E-state index is 14.9. The van der Waals surface area contributed by atoms with E-state index in [0.29, 0.717) is 37.1 Å². The van der Waals surface area contributed by atoms with Crippen LogP contribution in [0.5, 0.6) is 0 Å². The lowest BCUT2D eigenvalue weighted by molar-refractivity contribution is -0.139. The van der Waals surface area contributed by atoms with E-state index < -0.39 is 35.2 Å². The van der Waals surface area contributed by atoms with Gasteiger partial charge in [0.1, 0.15) is 11.9 Å². The first-order valence-electron chi connectivity index (χ1n) is 10.7. The Morgan fingerprint density at radius 1 is 1.10 bits per heavy atom. The van der Waals surface area contributed by atoms with E-state index in [2.05, 4.69) is 5.32 Å². The van der Waals surface area contributed by atoms with Crippen LogP contribution in [0.3, 0.4) is 0 Å². The molecule has 0 radical (unpaired) electrons. The summed E-state index contributed by atoms with van der Waals surface area (Å²) >= 11 is 0. The Morgan fingerprint density at radius 2 is 1.81 bits per heavy atom. The van der Waals surface area contributed by atoms with Gasteiger partial charge in [0.05, 0.1) is 0 Å². The number of imide groups is 1. The van der Waals surface area contributed by atoms with Gasteiger partial charge in [0, 0.05) is 31.6 Å². The Bertz CT molecular complexity index is 999. The first-order valence-corrected chi connectivity index (χ1v) is 10.7. The predicted molar refractivity (Wildman–Crippen MR) is 104 cm³/mol. The fourth-order valence-electron chi connectivity index (χ4n) is 4.92. The zero-order chi connectivity index (χ0) is 21.9. The SMILES string of the molecule is O=C1CCC(N2Cc3cc(C4CCN(C(=O)C5(F)CC5)CC4)c(F)cc3C2=O)C(=O)N1. The first-order chi connectivity index (χ1) is 14.8. The number of rotatable bonds is 3. The van der Waals surface area contributed by atoms with E-state index in [0.717, 1.165) is 0 Å². The number of fused-ring (bicyclic) bond motifs is 1. The molecule has 1 atom stereocenters. The number of halogens is 2. The average molecular weight is 431 g/mol. The Labute approximate surface area is 177 Å². The van der Waals surface area contributed by atoms with Gasteiger partial charge in [-0.2, -0.15) is 0 Å². The molecule has 2 saturated heterocycles. The van der Waals surface area contributed by atoms with E-state index in [9.17, 15) is 28.0 Å². The summed E-state index contributed by atoms with van der Waals surface area (Å²) in [6.07, 6.45) is 2.03. The lowest BCUT2D eigenvalue weighted by Gasteiger charge is -2.33. The van der Waals surface area contributed by atoms with Gasteiger partial charge >= 0.3 is 0 Å². The third-order valence-electron chi connectivity index (χ3n) is 6.94. The van der Waals surface area contributed by atoms with Gasteiger partial charge in [-0.05, 0) is 55.2 Å². The summed E-state index contributed by atoms with van der Waals surface area (Å²) in [7, 11) is 0. The topological polar surface area (TPSA) is 86.8 Å². The molecule has 3 aliphatic heterocycles. The minimum Gasteiger partial charge on any atom is -0.340 e. The number of likely N-dealkylation sites (tertiary alicyclic amines) is 1. The van der Waals surface area contributed by atoms with Gasteiger partial charge in [0.2, 0.25) is 11.8 Å². The number of alkyl halides is 1. The average Bonchev–Trinajstić information content (AvgIpc) is 3.43. The van der Waals surface area contributed by atoms with Crippen LogP contribution in [0.2, 0.25) is 0 Å². The Kier molecular flexibility index (Phi) is 4.60. The van der Waals surface area contributed by atoms with Crippen molar-refractivity contribution < 1.29 is 28.0 Å². The highest BCUT2D eigenvalue weighted by Crippen LogP contribution is 2.43. The quantitative estimate of drug-likeness (QED) is 0.740. The van der Waals surface area contributed by atoms with Crippen LogP contribution >= 0.6 is 0 Å². The highest BCUT2D eigenvalue weighted by molar-refractivity contribution is 6.05. The summed E-state index contributed by atoms with van der Waals surface area (Å²) in [4.78, 5) is 51.5. The third-order valence-corrected chi connectivity index (χ3v) is 6.94. The van der Waals surface area contributed by atoms with E-state index in [1.54, 1.807) is 6.07 Å². The summed E-state index contributed by atoms with van der Waals surface area (Å²) in [5.41, 5.74) is -0.298. The molecule has 1 unspecified atom stereocenters. The van der Waals surface area contributed by atoms with Crippen LogP contribution in [-0.2, 0) is 20.9 Å². The van der Waals surface area contributed by atoms with Crippen molar-refractivity contribution in [1.29, 1.82) is 0 Å². The number of amides is 4. The van der Waals surface area contributed by atoms with Gasteiger partial charge in [-0.1, -0.05) is 6.07 Å². The summed E-state index contributed by atoms with van der Waals surface area (Å²) in [5.74, 6) is -2.32. The fraction of sp³-hybridized carbons (Fsp3) is 0.545. The number of hydrogen-bond acceptors (Lipinski definition) is 4. The van der Waals surface area contributed by atoms with Crippen LogP contribution in [0.15, 0.2) is 12.1 Å². The Morgan fingerprint density at radius 3 is 2.45 bits per heavy atom. The summed E-state index contributed by atoms with van der Waals surface area (Å²) in [5, 5.41) is 2.25. The number of hydrogen-bond donors (Lipinski definition) is 1. The van der Waals surface area contributed by atoms with Gasteiger partial charge in [-0.3, -0.25) is 24.5 Å². The molecule has 3 heterocycles. The third kappa shape index (κ3) is 3.40. The summed E-state index contributed by atoms with van der Waals surface area (Å²) in [6, 6.07) is 2.18. The fourth-order valence-corrected chi connectivity index (χ4v) is 4.92. The Balaban J connectivity index is 1.31. The normalized spacial score (nSPS) is 25.5. The van der Waals surface area contributed by atoms with E-state index in [1.165, 1.54) is 15.9 Å². The van der Waals surface area contributed by atoms with Crippen molar-refractivity contribution in [2.45, 2.75) is 62.7 Å². The number of carbonyl (C=O) groups is 4. The molecule has 0 aromatic heterocycles. The van der Waals surface area contributed by atoms with Gasteiger partial charge in [0.25, 0.3) is 11.8 Å². The van der Waals surface area contributed by atoms with E-state index in [4.69, 9.17) is 0 Å². The standard InChI is InChI=1S/C22H23F2N3O4/c23-16-10-15-13(11-27(20(15)30)17-1-2-18(28)25-19(17)29)9-14(16)12-3-7-26(8-4-12)21(31)22(24)5-6-22/h9-10,12,17H,1-8,11H2,(H,25,28,29). The lowest BCUT2D eigenvalue weighted by Crippen LogP contribution is -2.52. The number of piperidine rings is 2. The van der Waals surface area contributed by atoms with Gasteiger partial charge in [0.15, 0.2) is 5.67 Å². The van der Waals surface area contributed by atoms with Crippen LogP contribution in [0.25, 0.3) is 0 Å². The van der Waals surface area contributed by atoms with E-state index >= 15 is 0 Å². The second-order valence-corrected chi connectivity index (χ2v) is 8.96. The molecule has 7 nitrogen and oxygen atoms in total. The minimum atomic E-state index is -1.69. The first kappa shape index (κ1) is 20.1. The number of nitrogens with one attached hydrogen (secondary N) is 1. The molecule has 4 amide bonds. The smallest absolute Gasteiger partial charge is 0.260 e. The minimum absolute atomic E-state index is 0.121. The van der Waals surface area contributed by atoms with E-state index in [-0.39, 0.29) is 49.6 Å².